The number of benzene rings is 2. The van der Waals surface area contributed by atoms with Gasteiger partial charge in [0.2, 0.25) is 5.95 Å². The molecule has 0 fully saturated rings. The Bertz CT molecular complexity index is 883. The zero-order valence-corrected chi connectivity index (χ0v) is 13.3. The quantitative estimate of drug-likeness (QED) is 0.744. The summed E-state index contributed by atoms with van der Waals surface area (Å²) < 4.78 is 0. The molecule has 5 heteroatoms. The molecule has 0 aliphatic carbocycles. The molecule has 3 aromatic rings. The van der Waals surface area contributed by atoms with Crippen molar-refractivity contribution in [3.8, 4) is 6.07 Å². The minimum absolute atomic E-state index is 0.451. The van der Waals surface area contributed by atoms with E-state index in [9.17, 15) is 0 Å². The third-order valence-corrected chi connectivity index (χ3v) is 3.51. The van der Waals surface area contributed by atoms with Crippen LogP contribution in [0.1, 0.15) is 16.7 Å². The number of hydrogen-bond donors (Lipinski definition) is 2. The van der Waals surface area contributed by atoms with Gasteiger partial charge in [0, 0.05) is 12.7 Å². The Balaban J connectivity index is 1.71. The average molecular weight is 315 g/mol. The van der Waals surface area contributed by atoms with Crippen molar-refractivity contribution in [3.63, 3.8) is 0 Å². The van der Waals surface area contributed by atoms with Crippen molar-refractivity contribution in [2.45, 2.75) is 13.5 Å². The number of nitrogens with one attached hydrogen (secondary N) is 2. The minimum atomic E-state index is 0.451. The highest BCUT2D eigenvalue weighted by Gasteiger charge is 2.04. The van der Waals surface area contributed by atoms with Gasteiger partial charge >= 0.3 is 0 Å². The predicted octanol–water partition coefficient (Wildman–Crippen LogP) is 4.01. The molecule has 0 radical (unpaired) electrons. The van der Waals surface area contributed by atoms with Gasteiger partial charge in [0.05, 0.1) is 11.3 Å². The van der Waals surface area contributed by atoms with Crippen LogP contribution in [0, 0.1) is 18.3 Å². The Morgan fingerprint density at radius 2 is 1.96 bits per heavy atom. The van der Waals surface area contributed by atoms with Crippen LogP contribution in [0.3, 0.4) is 0 Å². The zero-order chi connectivity index (χ0) is 16.8. The lowest BCUT2D eigenvalue weighted by Crippen LogP contribution is -2.04. The maximum Gasteiger partial charge on any atom is 0.229 e. The van der Waals surface area contributed by atoms with Crippen molar-refractivity contribution in [1.29, 1.82) is 5.26 Å². The summed E-state index contributed by atoms with van der Waals surface area (Å²) in [5.74, 6) is 1.18. The Kier molecular flexibility index (Phi) is 4.68. The van der Waals surface area contributed by atoms with Crippen molar-refractivity contribution in [2.24, 2.45) is 0 Å². The number of anilines is 3. The smallest absolute Gasteiger partial charge is 0.229 e. The van der Waals surface area contributed by atoms with Crippen LogP contribution in [-0.2, 0) is 6.54 Å². The lowest BCUT2D eigenvalue weighted by Gasteiger charge is -2.09. The highest BCUT2D eigenvalue weighted by atomic mass is 15.1. The van der Waals surface area contributed by atoms with E-state index in [4.69, 9.17) is 5.26 Å². The predicted molar refractivity (Wildman–Crippen MR) is 95.0 cm³/mol. The normalized spacial score (nSPS) is 10.0. The Morgan fingerprint density at radius 3 is 2.79 bits per heavy atom. The van der Waals surface area contributed by atoms with Gasteiger partial charge in [-0.2, -0.15) is 10.2 Å². The molecule has 118 valence electrons. The summed E-state index contributed by atoms with van der Waals surface area (Å²) in [6, 6.07) is 19.6. The summed E-state index contributed by atoms with van der Waals surface area (Å²) in [4.78, 5) is 8.65. The second kappa shape index (κ2) is 7.25. The van der Waals surface area contributed by atoms with Gasteiger partial charge in [0.25, 0.3) is 0 Å². The molecule has 0 spiro atoms. The van der Waals surface area contributed by atoms with Crippen molar-refractivity contribution in [1.82, 2.24) is 9.97 Å². The molecule has 0 amide bonds. The second-order valence-electron chi connectivity index (χ2n) is 5.39. The van der Waals surface area contributed by atoms with Crippen LogP contribution in [-0.4, -0.2) is 9.97 Å². The van der Waals surface area contributed by atoms with Crippen LogP contribution in [0.5, 0.6) is 0 Å². The maximum atomic E-state index is 9.14. The molecule has 1 heterocycles. The Morgan fingerprint density at radius 1 is 1.08 bits per heavy atom. The first-order valence-electron chi connectivity index (χ1n) is 7.63. The number of rotatable bonds is 5. The van der Waals surface area contributed by atoms with Crippen molar-refractivity contribution < 1.29 is 0 Å². The van der Waals surface area contributed by atoms with Gasteiger partial charge < -0.3 is 10.6 Å². The van der Waals surface area contributed by atoms with E-state index in [1.807, 2.05) is 30.3 Å². The van der Waals surface area contributed by atoms with Crippen molar-refractivity contribution in [3.05, 3.63) is 77.5 Å². The molecule has 0 saturated carbocycles. The van der Waals surface area contributed by atoms with Gasteiger partial charge in [0.1, 0.15) is 11.9 Å². The fraction of sp³-hybridized carbons (Fsp3) is 0.105. The largest absolute Gasteiger partial charge is 0.366 e. The first kappa shape index (κ1) is 15.5. The summed E-state index contributed by atoms with van der Waals surface area (Å²) in [6.07, 6.45) is 1.68. The second-order valence-corrected chi connectivity index (χ2v) is 5.39. The first-order valence-corrected chi connectivity index (χ1v) is 7.63. The summed E-state index contributed by atoms with van der Waals surface area (Å²) in [5.41, 5.74) is 3.67. The van der Waals surface area contributed by atoms with Gasteiger partial charge in [-0.3, -0.25) is 0 Å². The summed E-state index contributed by atoms with van der Waals surface area (Å²) in [5, 5.41) is 15.5. The zero-order valence-electron chi connectivity index (χ0n) is 13.3. The van der Waals surface area contributed by atoms with Gasteiger partial charge in [-0.05, 0) is 30.7 Å². The molecule has 0 atom stereocenters. The topological polar surface area (TPSA) is 73.6 Å². The molecule has 24 heavy (non-hydrogen) atoms. The molecule has 2 N–H and O–H groups in total. The molecule has 1 aromatic heterocycles. The highest BCUT2D eigenvalue weighted by Crippen LogP contribution is 2.18. The van der Waals surface area contributed by atoms with E-state index in [0.717, 1.165) is 5.82 Å². The highest BCUT2D eigenvalue weighted by molar-refractivity contribution is 5.63. The van der Waals surface area contributed by atoms with Crippen LogP contribution < -0.4 is 10.6 Å². The molecule has 2 aromatic carbocycles. The van der Waals surface area contributed by atoms with Crippen molar-refractivity contribution in [2.75, 3.05) is 10.6 Å². The van der Waals surface area contributed by atoms with E-state index < -0.39 is 0 Å². The number of nitrogens with zero attached hydrogens (tertiary/aromatic N) is 3. The maximum absolute atomic E-state index is 9.14. The minimum Gasteiger partial charge on any atom is -0.366 e. The number of aromatic nitrogens is 2. The van der Waals surface area contributed by atoms with Gasteiger partial charge in [-0.25, -0.2) is 4.98 Å². The van der Waals surface area contributed by atoms with Crippen LogP contribution in [0.2, 0.25) is 0 Å². The van der Waals surface area contributed by atoms with Crippen LogP contribution in [0.4, 0.5) is 17.5 Å². The Labute approximate surface area is 141 Å². The Hall–Kier alpha value is -3.39. The number of nitriles is 1. The fourth-order valence-corrected chi connectivity index (χ4v) is 2.34. The van der Waals surface area contributed by atoms with Crippen LogP contribution in [0.15, 0.2) is 60.8 Å². The lowest BCUT2D eigenvalue weighted by molar-refractivity contribution is 1.08. The van der Waals surface area contributed by atoms with E-state index in [2.05, 4.69) is 51.8 Å². The standard InChI is InChI=1S/C19H17N5/c1-14-5-4-6-15(11-14)13-22-18-9-10-21-19(24-18)23-17-8-3-2-7-16(17)12-20/h2-11H,13H2,1H3,(H2,21,22,23,24). The van der Waals surface area contributed by atoms with E-state index in [1.165, 1.54) is 11.1 Å². The third-order valence-electron chi connectivity index (χ3n) is 3.51. The average Bonchev–Trinajstić information content (AvgIpc) is 2.61. The van der Waals surface area contributed by atoms with Gasteiger partial charge in [-0.1, -0.05) is 42.0 Å². The number of aryl methyl sites for hydroxylation is 1. The molecular weight excluding hydrogens is 298 g/mol. The van der Waals surface area contributed by atoms with Crippen LogP contribution >= 0.6 is 0 Å². The van der Waals surface area contributed by atoms with Gasteiger partial charge in [0.15, 0.2) is 0 Å². The molecule has 0 aliphatic rings. The third kappa shape index (κ3) is 3.87. The monoisotopic (exact) mass is 315 g/mol. The molecule has 3 rings (SSSR count). The molecule has 5 nitrogen and oxygen atoms in total. The van der Waals surface area contributed by atoms with E-state index in [1.54, 1.807) is 12.3 Å². The number of hydrogen-bond acceptors (Lipinski definition) is 5. The summed E-state index contributed by atoms with van der Waals surface area (Å²) >= 11 is 0. The first-order chi connectivity index (χ1) is 11.7. The summed E-state index contributed by atoms with van der Waals surface area (Å²) in [6.45, 7) is 2.76. The summed E-state index contributed by atoms with van der Waals surface area (Å²) in [7, 11) is 0. The van der Waals surface area contributed by atoms with E-state index in [-0.39, 0.29) is 0 Å². The molecule has 0 bridgehead atoms. The fourth-order valence-electron chi connectivity index (χ4n) is 2.34. The number of para-hydroxylation sites is 1. The van der Waals surface area contributed by atoms with Gasteiger partial charge in [-0.15, -0.1) is 0 Å². The molecular formula is C19H17N5. The van der Waals surface area contributed by atoms with Crippen molar-refractivity contribution >= 4 is 17.5 Å². The van der Waals surface area contributed by atoms with E-state index >= 15 is 0 Å². The van der Waals surface area contributed by atoms with E-state index in [0.29, 0.717) is 23.7 Å². The van der Waals surface area contributed by atoms with Crippen LogP contribution in [0.25, 0.3) is 0 Å². The molecule has 0 aliphatic heterocycles. The molecule has 0 unspecified atom stereocenters. The lowest BCUT2D eigenvalue weighted by atomic mass is 10.1. The molecule has 0 saturated heterocycles. The SMILES string of the molecule is Cc1cccc(CNc2ccnc(Nc3ccccc3C#N)n2)c1.